The van der Waals surface area contributed by atoms with E-state index in [2.05, 4.69) is 43.5 Å². The number of nitrogens with two attached hydrogens (primary N) is 1. The first-order valence-electron chi connectivity index (χ1n) is 6.19. The normalized spacial score (nSPS) is 14.1. The van der Waals surface area contributed by atoms with Crippen molar-refractivity contribution in [3.8, 4) is 0 Å². The molecule has 3 heteroatoms. The molecule has 1 rings (SSSR count). The Labute approximate surface area is 99.0 Å². The maximum atomic E-state index is 6.29. The third kappa shape index (κ3) is 2.85. The van der Waals surface area contributed by atoms with Crippen LogP contribution in [0.15, 0.2) is 6.07 Å². The topological polar surface area (TPSA) is 43.8 Å². The van der Waals surface area contributed by atoms with Crippen molar-refractivity contribution >= 4 is 0 Å². The van der Waals surface area contributed by atoms with Crippen molar-refractivity contribution in [2.75, 3.05) is 0 Å². The van der Waals surface area contributed by atoms with Crippen molar-refractivity contribution in [3.63, 3.8) is 0 Å². The van der Waals surface area contributed by atoms with E-state index in [-0.39, 0.29) is 11.5 Å². The molecule has 0 aliphatic heterocycles. The monoisotopic (exact) mass is 223 g/mol. The van der Waals surface area contributed by atoms with Gasteiger partial charge in [-0.1, -0.05) is 20.8 Å². The van der Waals surface area contributed by atoms with Gasteiger partial charge in [-0.25, -0.2) is 0 Å². The highest BCUT2D eigenvalue weighted by atomic mass is 15.3. The molecule has 0 aliphatic carbocycles. The van der Waals surface area contributed by atoms with Crippen LogP contribution < -0.4 is 5.73 Å². The summed E-state index contributed by atoms with van der Waals surface area (Å²) in [5.74, 6) is 0. The molecule has 0 saturated carbocycles. The molecule has 0 radical (unpaired) electrons. The number of rotatable bonds is 5. The van der Waals surface area contributed by atoms with Crippen molar-refractivity contribution < 1.29 is 0 Å². The summed E-state index contributed by atoms with van der Waals surface area (Å²) in [5, 5.41) is 4.45. The first-order valence-corrected chi connectivity index (χ1v) is 6.19. The van der Waals surface area contributed by atoms with Gasteiger partial charge in [0, 0.05) is 24.7 Å². The average molecular weight is 223 g/mol. The molecule has 16 heavy (non-hydrogen) atoms. The molecule has 0 spiro atoms. The largest absolute Gasteiger partial charge is 0.327 e. The molecule has 2 N–H and O–H groups in total. The Kier molecular flexibility index (Phi) is 4.14. The second kappa shape index (κ2) is 5.00. The molecular formula is C13H25N3. The molecule has 3 nitrogen and oxygen atoms in total. The average Bonchev–Trinajstić information content (AvgIpc) is 2.58. The maximum absolute atomic E-state index is 6.29. The Bertz CT molecular complexity index is 339. The van der Waals surface area contributed by atoms with Gasteiger partial charge in [-0.15, -0.1) is 0 Å². The second-order valence-corrected chi connectivity index (χ2v) is 5.25. The minimum atomic E-state index is 0.191. The predicted octanol–water partition coefficient (Wildman–Crippen LogP) is 2.52. The van der Waals surface area contributed by atoms with E-state index >= 15 is 0 Å². The summed E-state index contributed by atoms with van der Waals surface area (Å²) < 4.78 is 2.06. The smallest absolute Gasteiger partial charge is 0.0596 e. The first-order chi connectivity index (χ1) is 7.40. The molecule has 0 bridgehead atoms. The zero-order valence-electron chi connectivity index (χ0n) is 11.2. The molecule has 1 heterocycles. The fourth-order valence-electron chi connectivity index (χ4n) is 1.80. The lowest BCUT2D eigenvalue weighted by atomic mass is 9.80. The molecule has 1 aromatic rings. The number of aromatic nitrogens is 2. The van der Waals surface area contributed by atoms with E-state index in [1.165, 1.54) is 5.69 Å². The summed E-state index contributed by atoms with van der Waals surface area (Å²) in [6.07, 6.45) is 2.02. The van der Waals surface area contributed by atoms with Crippen LogP contribution in [0.25, 0.3) is 0 Å². The molecule has 1 aromatic heterocycles. The van der Waals surface area contributed by atoms with Crippen LogP contribution in [0.2, 0.25) is 0 Å². The van der Waals surface area contributed by atoms with Gasteiger partial charge in [-0.05, 0) is 31.7 Å². The summed E-state index contributed by atoms with van der Waals surface area (Å²) in [6.45, 7) is 11.7. The summed E-state index contributed by atoms with van der Waals surface area (Å²) in [6, 6.07) is 2.34. The highest BCUT2D eigenvalue weighted by Gasteiger charge is 2.25. The SMILES string of the molecule is CCn1nc(C)cc1CC(N)C(C)(C)CC. The lowest BCUT2D eigenvalue weighted by Crippen LogP contribution is -2.39. The van der Waals surface area contributed by atoms with Crippen LogP contribution in [0.1, 0.15) is 45.5 Å². The van der Waals surface area contributed by atoms with Crippen LogP contribution in [0.3, 0.4) is 0 Å². The van der Waals surface area contributed by atoms with Crippen LogP contribution in [0.5, 0.6) is 0 Å². The van der Waals surface area contributed by atoms with Gasteiger partial charge in [0.1, 0.15) is 0 Å². The molecule has 0 fully saturated rings. The van der Waals surface area contributed by atoms with Crippen LogP contribution in [0.4, 0.5) is 0 Å². The summed E-state index contributed by atoms with van der Waals surface area (Å²) in [4.78, 5) is 0. The van der Waals surface area contributed by atoms with Crippen LogP contribution in [-0.2, 0) is 13.0 Å². The minimum absolute atomic E-state index is 0.191. The van der Waals surface area contributed by atoms with Gasteiger partial charge in [-0.3, -0.25) is 4.68 Å². The van der Waals surface area contributed by atoms with E-state index in [0.29, 0.717) is 0 Å². The van der Waals surface area contributed by atoms with Gasteiger partial charge in [0.25, 0.3) is 0 Å². The molecule has 0 amide bonds. The maximum Gasteiger partial charge on any atom is 0.0596 e. The standard InChI is InChI=1S/C13H25N3/c1-6-13(4,5)12(14)9-11-8-10(3)15-16(11)7-2/h8,12H,6-7,9,14H2,1-5H3. The van der Waals surface area contributed by atoms with E-state index in [9.17, 15) is 0 Å². The summed E-state index contributed by atoms with van der Waals surface area (Å²) >= 11 is 0. The molecule has 0 aliphatic rings. The van der Waals surface area contributed by atoms with Crippen molar-refractivity contribution in [1.82, 2.24) is 9.78 Å². The highest BCUT2D eigenvalue weighted by molar-refractivity contribution is 5.11. The van der Waals surface area contributed by atoms with Crippen LogP contribution in [0, 0.1) is 12.3 Å². The third-order valence-corrected chi connectivity index (χ3v) is 3.63. The predicted molar refractivity (Wildman–Crippen MR) is 68.4 cm³/mol. The van der Waals surface area contributed by atoms with Gasteiger partial charge in [-0.2, -0.15) is 5.10 Å². The molecule has 92 valence electrons. The number of hydrogen-bond donors (Lipinski definition) is 1. The zero-order valence-corrected chi connectivity index (χ0v) is 11.2. The van der Waals surface area contributed by atoms with Gasteiger partial charge in [0.15, 0.2) is 0 Å². The van der Waals surface area contributed by atoms with Crippen LogP contribution in [-0.4, -0.2) is 15.8 Å². The highest BCUT2D eigenvalue weighted by Crippen LogP contribution is 2.25. The fourth-order valence-corrected chi connectivity index (χ4v) is 1.80. The van der Waals surface area contributed by atoms with E-state index in [0.717, 1.165) is 25.1 Å². The molecule has 1 unspecified atom stereocenters. The molecule has 0 saturated heterocycles. The Morgan fingerprint density at radius 3 is 2.56 bits per heavy atom. The molecule has 0 aromatic carbocycles. The number of hydrogen-bond acceptors (Lipinski definition) is 2. The number of nitrogens with zero attached hydrogens (tertiary/aromatic N) is 2. The van der Waals surface area contributed by atoms with Gasteiger partial charge < -0.3 is 5.73 Å². The van der Waals surface area contributed by atoms with E-state index in [4.69, 9.17) is 5.73 Å². The molecule has 1 atom stereocenters. The first kappa shape index (κ1) is 13.2. The van der Waals surface area contributed by atoms with E-state index < -0.39 is 0 Å². The van der Waals surface area contributed by atoms with E-state index in [1.54, 1.807) is 0 Å². The Morgan fingerprint density at radius 2 is 2.06 bits per heavy atom. The van der Waals surface area contributed by atoms with Crippen molar-refractivity contribution in [2.24, 2.45) is 11.1 Å². The quantitative estimate of drug-likeness (QED) is 0.833. The Hall–Kier alpha value is -0.830. The summed E-state index contributed by atoms with van der Waals surface area (Å²) in [7, 11) is 0. The van der Waals surface area contributed by atoms with E-state index in [1.807, 2.05) is 6.92 Å². The fraction of sp³-hybridized carbons (Fsp3) is 0.769. The summed E-state index contributed by atoms with van der Waals surface area (Å²) in [5.41, 5.74) is 8.82. The van der Waals surface area contributed by atoms with Gasteiger partial charge >= 0.3 is 0 Å². The Balaban J connectivity index is 2.80. The number of aryl methyl sites for hydroxylation is 2. The lowest BCUT2D eigenvalue weighted by molar-refractivity contribution is 0.269. The van der Waals surface area contributed by atoms with Crippen LogP contribution >= 0.6 is 0 Å². The Morgan fingerprint density at radius 1 is 1.44 bits per heavy atom. The minimum Gasteiger partial charge on any atom is -0.327 e. The van der Waals surface area contributed by atoms with Gasteiger partial charge in [0.2, 0.25) is 0 Å². The second-order valence-electron chi connectivity index (χ2n) is 5.25. The third-order valence-electron chi connectivity index (χ3n) is 3.63. The van der Waals surface area contributed by atoms with Crippen molar-refractivity contribution in [1.29, 1.82) is 0 Å². The lowest BCUT2D eigenvalue weighted by Gasteiger charge is -2.30. The zero-order chi connectivity index (χ0) is 12.3. The van der Waals surface area contributed by atoms with Gasteiger partial charge in [0.05, 0.1) is 5.69 Å². The van der Waals surface area contributed by atoms with Crippen molar-refractivity contribution in [2.45, 2.75) is 60.0 Å². The molecular weight excluding hydrogens is 198 g/mol. The van der Waals surface area contributed by atoms with Crippen molar-refractivity contribution in [3.05, 3.63) is 17.5 Å².